The molecule has 11 rings (SSSR count). The first-order chi connectivity index (χ1) is 22.7. The average Bonchev–Trinajstić information content (AvgIpc) is 3.51. The molecule has 216 valence electrons. The molecule has 0 saturated heterocycles. The van der Waals surface area contributed by atoms with Crippen molar-refractivity contribution in [3.8, 4) is 22.4 Å². The monoisotopic (exact) mass is 592 g/mol. The molecule has 0 spiro atoms. The summed E-state index contributed by atoms with van der Waals surface area (Å²) in [5.41, 5.74) is 6.93. The highest BCUT2D eigenvalue weighted by Crippen LogP contribution is 2.64. The minimum atomic E-state index is -1.79. The van der Waals surface area contributed by atoms with Gasteiger partial charge in [0.1, 0.15) is 11.0 Å². The number of para-hydroxylation sites is 1. The Balaban J connectivity index is 1.36. The highest BCUT2D eigenvalue weighted by molar-refractivity contribution is 6.10. The fourth-order valence-electron chi connectivity index (χ4n) is 8.04. The lowest BCUT2D eigenvalue weighted by atomic mass is 9.51. The molecule has 0 radical (unpaired) electrons. The van der Waals surface area contributed by atoms with Crippen LogP contribution >= 0.6 is 0 Å². The lowest BCUT2D eigenvalue weighted by Gasteiger charge is -2.52. The number of hydrogen-bond donors (Lipinski definition) is 0. The molecular formula is C42H25FN2O. The maximum atomic E-state index is 17.9. The molecular weight excluding hydrogens is 567 g/mol. The Morgan fingerprint density at radius 3 is 1.65 bits per heavy atom. The van der Waals surface area contributed by atoms with Crippen LogP contribution in [0.25, 0.3) is 44.5 Å². The molecule has 0 amide bonds. The number of alkyl halides is 1. The van der Waals surface area contributed by atoms with E-state index in [-0.39, 0.29) is 0 Å². The van der Waals surface area contributed by atoms with E-state index >= 15 is 4.39 Å². The van der Waals surface area contributed by atoms with Gasteiger partial charge in [0.05, 0.1) is 11.1 Å². The van der Waals surface area contributed by atoms with Gasteiger partial charge in [0.2, 0.25) is 5.71 Å². The molecule has 2 bridgehead atoms. The second-order valence-electron chi connectivity index (χ2n) is 12.2. The van der Waals surface area contributed by atoms with Crippen molar-refractivity contribution in [3.05, 3.63) is 191 Å². The van der Waals surface area contributed by atoms with Crippen LogP contribution in [-0.4, -0.2) is 9.97 Å². The van der Waals surface area contributed by atoms with Crippen LogP contribution in [0.1, 0.15) is 39.2 Å². The zero-order chi connectivity index (χ0) is 30.5. The summed E-state index contributed by atoms with van der Waals surface area (Å²) in [5, 5.41) is 1.82. The number of aromatic nitrogens is 2. The molecule has 0 fully saturated rings. The van der Waals surface area contributed by atoms with E-state index in [4.69, 9.17) is 14.4 Å². The van der Waals surface area contributed by atoms with Gasteiger partial charge in [-0.3, -0.25) is 0 Å². The fraction of sp³-hybridized carbons (Fsp3) is 0.0476. The molecule has 3 nitrogen and oxygen atoms in total. The van der Waals surface area contributed by atoms with Crippen LogP contribution in [0.2, 0.25) is 0 Å². The fourth-order valence-corrected chi connectivity index (χ4v) is 8.04. The number of rotatable bonds is 3. The Morgan fingerprint density at radius 2 is 1.00 bits per heavy atom. The first-order valence-corrected chi connectivity index (χ1v) is 15.5. The van der Waals surface area contributed by atoms with E-state index in [9.17, 15) is 0 Å². The lowest BCUT2D eigenvalue weighted by molar-refractivity contribution is 0.249. The Labute approximate surface area is 264 Å². The van der Waals surface area contributed by atoms with Gasteiger partial charge in [0.25, 0.3) is 0 Å². The second-order valence-corrected chi connectivity index (χ2v) is 12.2. The van der Waals surface area contributed by atoms with Gasteiger partial charge in [-0.25, -0.2) is 9.37 Å². The van der Waals surface area contributed by atoms with E-state index in [1.165, 1.54) is 0 Å². The molecule has 0 atom stereocenters. The molecule has 3 aliphatic rings. The highest BCUT2D eigenvalue weighted by Gasteiger charge is 2.61. The van der Waals surface area contributed by atoms with Crippen molar-refractivity contribution >= 4 is 22.1 Å². The average molecular weight is 593 g/mol. The normalized spacial score (nSPS) is 19.2. The van der Waals surface area contributed by atoms with Crippen LogP contribution in [0.5, 0.6) is 0 Å². The summed E-state index contributed by atoms with van der Waals surface area (Å²) in [6.45, 7) is 0. The van der Waals surface area contributed by atoms with Gasteiger partial charge in [-0.15, -0.1) is 0 Å². The second kappa shape index (κ2) is 9.09. The van der Waals surface area contributed by atoms with E-state index in [1.807, 2.05) is 97.1 Å². The number of nitrogens with zero attached hydrogens (tertiary/aromatic N) is 2. The molecule has 46 heavy (non-hydrogen) atoms. The third-order valence-corrected chi connectivity index (χ3v) is 9.92. The molecule has 2 heterocycles. The minimum absolute atomic E-state index is 0.510. The molecule has 8 aromatic rings. The largest absolute Gasteiger partial charge is 0.438 e. The van der Waals surface area contributed by atoms with E-state index < -0.39 is 11.1 Å². The van der Waals surface area contributed by atoms with Crippen molar-refractivity contribution in [2.75, 3.05) is 0 Å². The predicted octanol–water partition coefficient (Wildman–Crippen LogP) is 9.98. The maximum Gasteiger partial charge on any atom is 0.231 e. The van der Waals surface area contributed by atoms with Crippen molar-refractivity contribution < 1.29 is 8.81 Å². The third-order valence-electron chi connectivity index (χ3n) is 9.92. The van der Waals surface area contributed by atoms with Gasteiger partial charge in [-0.2, -0.15) is 4.98 Å². The standard InChI is InChI=1S/C42H25FN2O/c43-42-33-21-8-5-18-30(33)41(31-19-6-9-22-34(31)42,32-20-7-10-23-35(32)42)40-44-38(37-29-17-4-11-24-36(29)46-39(37)45-40)28-16-12-15-27(25-28)26-13-2-1-3-14-26/h1-25H. The van der Waals surface area contributed by atoms with Gasteiger partial charge < -0.3 is 4.42 Å². The SMILES string of the molecule is FC12c3ccccc3C(c3nc(-c4cccc(-c5ccccc5)c4)c4c(n3)oc3ccccc34)(c3ccccc31)c1ccccc12. The lowest BCUT2D eigenvalue weighted by Crippen LogP contribution is -2.50. The van der Waals surface area contributed by atoms with Crippen LogP contribution in [-0.2, 0) is 11.1 Å². The van der Waals surface area contributed by atoms with Gasteiger partial charge in [0.15, 0.2) is 11.5 Å². The number of fused-ring (bicyclic) bond motifs is 3. The quantitative estimate of drug-likeness (QED) is 0.205. The topological polar surface area (TPSA) is 38.9 Å². The van der Waals surface area contributed by atoms with E-state index in [0.717, 1.165) is 55.4 Å². The molecule has 0 aliphatic heterocycles. The van der Waals surface area contributed by atoms with Crippen molar-refractivity contribution in [2.24, 2.45) is 0 Å². The molecule has 4 heteroatoms. The molecule has 6 aromatic carbocycles. The molecule has 3 aliphatic carbocycles. The third kappa shape index (κ3) is 3.10. The Morgan fingerprint density at radius 1 is 0.478 bits per heavy atom. The Kier molecular flexibility index (Phi) is 5.03. The van der Waals surface area contributed by atoms with E-state index in [2.05, 4.69) is 54.6 Å². The van der Waals surface area contributed by atoms with Gasteiger partial charge >= 0.3 is 0 Å². The first-order valence-electron chi connectivity index (χ1n) is 15.5. The van der Waals surface area contributed by atoms with Crippen LogP contribution in [0.3, 0.4) is 0 Å². The molecule has 0 unspecified atom stereocenters. The maximum absolute atomic E-state index is 17.9. The van der Waals surface area contributed by atoms with Crippen LogP contribution in [0.4, 0.5) is 4.39 Å². The van der Waals surface area contributed by atoms with E-state index in [0.29, 0.717) is 28.2 Å². The minimum Gasteiger partial charge on any atom is -0.438 e. The van der Waals surface area contributed by atoms with Gasteiger partial charge in [-0.05, 0) is 39.9 Å². The molecule has 0 N–H and O–H groups in total. The number of hydrogen-bond acceptors (Lipinski definition) is 3. The zero-order valence-electron chi connectivity index (χ0n) is 24.6. The Hall–Kier alpha value is -5.87. The summed E-state index contributed by atoms with van der Waals surface area (Å²) in [6, 6.07) is 50.4. The highest BCUT2D eigenvalue weighted by atomic mass is 19.1. The first kappa shape index (κ1) is 25.5. The molecule has 0 saturated carbocycles. The predicted molar refractivity (Wildman–Crippen MR) is 179 cm³/mol. The van der Waals surface area contributed by atoms with E-state index in [1.54, 1.807) is 0 Å². The molecule has 2 aromatic heterocycles. The van der Waals surface area contributed by atoms with Crippen LogP contribution in [0.15, 0.2) is 156 Å². The summed E-state index contributed by atoms with van der Waals surface area (Å²) >= 11 is 0. The van der Waals surface area contributed by atoms with Gasteiger partial charge in [0, 0.05) is 27.6 Å². The number of benzene rings is 6. The number of furan rings is 1. The summed E-state index contributed by atoms with van der Waals surface area (Å²) in [7, 11) is 0. The van der Waals surface area contributed by atoms with Crippen molar-refractivity contribution in [3.63, 3.8) is 0 Å². The number of halogens is 1. The summed E-state index contributed by atoms with van der Waals surface area (Å²) in [4.78, 5) is 10.8. The van der Waals surface area contributed by atoms with Crippen LogP contribution in [0, 0.1) is 0 Å². The van der Waals surface area contributed by atoms with Crippen molar-refractivity contribution in [1.82, 2.24) is 9.97 Å². The van der Waals surface area contributed by atoms with Gasteiger partial charge in [-0.1, -0.05) is 140 Å². The smallest absolute Gasteiger partial charge is 0.231 e. The summed E-state index contributed by atoms with van der Waals surface area (Å²) in [5.74, 6) is 0.563. The van der Waals surface area contributed by atoms with Crippen molar-refractivity contribution in [2.45, 2.75) is 11.1 Å². The summed E-state index contributed by atoms with van der Waals surface area (Å²) in [6.07, 6.45) is 0. The zero-order valence-corrected chi connectivity index (χ0v) is 24.6. The summed E-state index contributed by atoms with van der Waals surface area (Å²) < 4.78 is 24.4. The van der Waals surface area contributed by atoms with Crippen molar-refractivity contribution in [1.29, 1.82) is 0 Å². The van der Waals surface area contributed by atoms with Crippen LogP contribution < -0.4 is 0 Å². The Bertz CT molecular complexity index is 2400.